The third kappa shape index (κ3) is 7.53. The number of unbranched alkanes of at least 4 members (excludes halogenated alkanes) is 1. The van der Waals surface area contributed by atoms with Gasteiger partial charge < -0.3 is 14.2 Å². The van der Waals surface area contributed by atoms with E-state index in [1.807, 2.05) is 12.1 Å². The Labute approximate surface area is 174 Å². The molecule has 3 rings (SSSR count). The summed E-state index contributed by atoms with van der Waals surface area (Å²) in [7, 11) is 0. The highest BCUT2D eigenvalue weighted by atomic mass is 19.3. The summed E-state index contributed by atoms with van der Waals surface area (Å²) in [6.07, 6.45) is 12.1. The molecule has 1 aliphatic carbocycles. The largest absolute Gasteiger partial charge is 0.435 e. The van der Waals surface area contributed by atoms with Gasteiger partial charge in [0.05, 0.1) is 13.2 Å². The van der Waals surface area contributed by atoms with Gasteiger partial charge in [-0.2, -0.15) is 8.78 Å². The van der Waals surface area contributed by atoms with Crippen LogP contribution in [0.1, 0.15) is 70.3 Å². The van der Waals surface area contributed by atoms with Crippen LogP contribution in [0.5, 0.6) is 5.75 Å². The molecule has 164 valence electrons. The van der Waals surface area contributed by atoms with Crippen LogP contribution < -0.4 is 4.74 Å². The van der Waals surface area contributed by atoms with Crippen LogP contribution >= 0.6 is 0 Å². The monoisotopic (exact) mass is 410 g/mol. The van der Waals surface area contributed by atoms with Gasteiger partial charge >= 0.3 is 6.61 Å². The second-order valence-electron chi connectivity index (χ2n) is 8.74. The number of hydrogen-bond acceptors (Lipinski definition) is 3. The maximum absolute atomic E-state index is 12.2. The Balaban J connectivity index is 1.27. The van der Waals surface area contributed by atoms with E-state index in [1.165, 1.54) is 56.9 Å². The molecule has 1 aliphatic heterocycles. The van der Waals surface area contributed by atoms with Crippen molar-refractivity contribution in [2.45, 2.75) is 84.0 Å². The standard InChI is InChI=1S/C24H36F2O3/c1-2-5-20-16-27-23(28-17-20)21-12-8-18(9-13-21)6-3-4-7-19-10-14-22(15-11-19)29-24(25)26/h10-11,14-15,18,20-21,23-24H,2-9,12-13,16-17H2,1H3. The van der Waals surface area contributed by atoms with Crippen LogP contribution in [-0.2, 0) is 15.9 Å². The molecule has 0 N–H and O–H groups in total. The van der Waals surface area contributed by atoms with Crippen molar-refractivity contribution in [3.8, 4) is 5.75 Å². The highest BCUT2D eigenvalue weighted by molar-refractivity contribution is 5.27. The maximum Gasteiger partial charge on any atom is 0.387 e. The van der Waals surface area contributed by atoms with Gasteiger partial charge in [0.25, 0.3) is 0 Å². The Kier molecular flexibility index (Phi) is 9.19. The van der Waals surface area contributed by atoms with E-state index >= 15 is 0 Å². The van der Waals surface area contributed by atoms with Gasteiger partial charge in [-0.15, -0.1) is 0 Å². The predicted octanol–water partition coefficient (Wildman–Crippen LogP) is 6.60. The number of halogens is 2. The van der Waals surface area contributed by atoms with Crippen molar-refractivity contribution in [2.24, 2.45) is 17.8 Å². The summed E-state index contributed by atoms with van der Waals surface area (Å²) in [4.78, 5) is 0. The Hall–Kier alpha value is -1.20. The average molecular weight is 411 g/mol. The molecular formula is C24H36F2O3. The van der Waals surface area contributed by atoms with Gasteiger partial charge in [-0.25, -0.2) is 0 Å². The van der Waals surface area contributed by atoms with E-state index < -0.39 is 6.61 Å². The lowest BCUT2D eigenvalue weighted by Crippen LogP contribution is -2.38. The molecule has 1 saturated carbocycles. The minimum Gasteiger partial charge on any atom is -0.435 e. The first-order valence-corrected chi connectivity index (χ1v) is 11.4. The molecule has 0 radical (unpaired) electrons. The summed E-state index contributed by atoms with van der Waals surface area (Å²) in [5.74, 6) is 2.21. The van der Waals surface area contributed by atoms with Crippen molar-refractivity contribution in [2.75, 3.05) is 13.2 Å². The van der Waals surface area contributed by atoms with Crippen LogP contribution in [0.15, 0.2) is 24.3 Å². The molecular weight excluding hydrogens is 374 g/mol. The number of rotatable bonds is 10. The lowest BCUT2D eigenvalue weighted by atomic mass is 9.79. The van der Waals surface area contributed by atoms with E-state index in [0.29, 0.717) is 11.8 Å². The zero-order chi connectivity index (χ0) is 20.5. The molecule has 0 unspecified atom stereocenters. The van der Waals surface area contributed by atoms with Crippen molar-refractivity contribution in [1.29, 1.82) is 0 Å². The molecule has 0 amide bonds. The van der Waals surface area contributed by atoms with Crippen molar-refractivity contribution in [3.05, 3.63) is 29.8 Å². The lowest BCUT2D eigenvalue weighted by molar-refractivity contribution is -0.230. The van der Waals surface area contributed by atoms with E-state index in [4.69, 9.17) is 9.47 Å². The molecule has 5 heteroatoms. The van der Waals surface area contributed by atoms with Crippen LogP contribution in [0.3, 0.4) is 0 Å². The smallest absolute Gasteiger partial charge is 0.387 e. The highest BCUT2D eigenvalue weighted by Gasteiger charge is 2.32. The summed E-state index contributed by atoms with van der Waals surface area (Å²) >= 11 is 0. The fraction of sp³-hybridized carbons (Fsp3) is 0.750. The zero-order valence-electron chi connectivity index (χ0n) is 17.7. The van der Waals surface area contributed by atoms with Gasteiger partial charge in [0, 0.05) is 11.8 Å². The molecule has 1 aromatic rings. The average Bonchev–Trinajstić information content (AvgIpc) is 2.73. The number of ether oxygens (including phenoxy) is 3. The molecule has 0 atom stereocenters. The summed E-state index contributed by atoms with van der Waals surface area (Å²) in [6, 6.07) is 7.03. The Morgan fingerprint density at radius 2 is 1.62 bits per heavy atom. The number of alkyl halides is 2. The second-order valence-corrected chi connectivity index (χ2v) is 8.74. The van der Waals surface area contributed by atoms with Crippen molar-refractivity contribution in [3.63, 3.8) is 0 Å². The lowest BCUT2D eigenvalue weighted by Gasteiger charge is -2.37. The van der Waals surface area contributed by atoms with Gasteiger partial charge in [-0.1, -0.05) is 38.3 Å². The first-order valence-electron chi connectivity index (χ1n) is 11.4. The molecule has 29 heavy (non-hydrogen) atoms. The topological polar surface area (TPSA) is 27.7 Å². The van der Waals surface area contributed by atoms with E-state index in [-0.39, 0.29) is 12.0 Å². The maximum atomic E-state index is 12.2. The van der Waals surface area contributed by atoms with E-state index in [0.717, 1.165) is 32.0 Å². The minimum atomic E-state index is -2.76. The van der Waals surface area contributed by atoms with Crippen molar-refractivity contribution >= 4 is 0 Å². The summed E-state index contributed by atoms with van der Waals surface area (Å²) in [6.45, 7) is 1.20. The van der Waals surface area contributed by atoms with Crippen LogP contribution in [-0.4, -0.2) is 26.1 Å². The fourth-order valence-electron chi connectivity index (χ4n) is 4.75. The first kappa shape index (κ1) is 22.5. The Bertz CT molecular complexity index is 562. The molecule has 3 nitrogen and oxygen atoms in total. The first-order chi connectivity index (χ1) is 14.1. The number of hydrogen-bond donors (Lipinski definition) is 0. The van der Waals surface area contributed by atoms with Crippen molar-refractivity contribution in [1.82, 2.24) is 0 Å². The van der Waals surface area contributed by atoms with Crippen molar-refractivity contribution < 1.29 is 23.0 Å². The zero-order valence-corrected chi connectivity index (χ0v) is 17.7. The third-order valence-corrected chi connectivity index (χ3v) is 6.44. The third-order valence-electron chi connectivity index (χ3n) is 6.44. The fourth-order valence-corrected chi connectivity index (χ4v) is 4.75. The SMILES string of the molecule is CCCC1COC(C2CCC(CCCCc3ccc(OC(F)F)cc3)CC2)OC1. The molecule has 0 bridgehead atoms. The van der Waals surface area contributed by atoms with Crippen LogP contribution in [0.2, 0.25) is 0 Å². The van der Waals surface area contributed by atoms with Gasteiger partial charge in [0.1, 0.15) is 5.75 Å². The normalized spacial score (nSPS) is 27.9. The molecule has 2 aliphatic rings. The summed E-state index contributed by atoms with van der Waals surface area (Å²) in [5.41, 5.74) is 1.18. The van der Waals surface area contributed by atoms with E-state index in [2.05, 4.69) is 11.7 Å². The second kappa shape index (κ2) is 11.8. The van der Waals surface area contributed by atoms with E-state index in [9.17, 15) is 8.78 Å². The highest BCUT2D eigenvalue weighted by Crippen LogP contribution is 2.36. The molecule has 0 spiro atoms. The molecule has 1 saturated heterocycles. The molecule has 2 fully saturated rings. The molecule has 0 aromatic heterocycles. The van der Waals surface area contributed by atoms with Crippen LogP contribution in [0, 0.1) is 17.8 Å². The van der Waals surface area contributed by atoms with Gasteiger partial charge in [-0.3, -0.25) is 0 Å². The quantitative estimate of drug-likeness (QED) is 0.407. The number of aryl methyl sites for hydroxylation is 1. The Morgan fingerprint density at radius 1 is 0.931 bits per heavy atom. The Morgan fingerprint density at radius 3 is 2.24 bits per heavy atom. The van der Waals surface area contributed by atoms with Crippen LogP contribution in [0.25, 0.3) is 0 Å². The number of benzene rings is 1. The van der Waals surface area contributed by atoms with Gasteiger partial charge in [-0.05, 0) is 68.6 Å². The van der Waals surface area contributed by atoms with E-state index in [1.54, 1.807) is 12.1 Å². The molecule has 1 heterocycles. The van der Waals surface area contributed by atoms with Gasteiger partial charge in [0.2, 0.25) is 0 Å². The summed E-state index contributed by atoms with van der Waals surface area (Å²) in [5, 5.41) is 0. The van der Waals surface area contributed by atoms with Crippen LogP contribution in [0.4, 0.5) is 8.78 Å². The predicted molar refractivity (Wildman–Crippen MR) is 110 cm³/mol. The van der Waals surface area contributed by atoms with Gasteiger partial charge in [0.15, 0.2) is 6.29 Å². The summed E-state index contributed by atoms with van der Waals surface area (Å²) < 4.78 is 40.8. The molecule has 1 aromatic carbocycles. The minimum absolute atomic E-state index is 0.0288.